The molecule has 3 rings (SSSR count). The summed E-state index contributed by atoms with van der Waals surface area (Å²) in [6.45, 7) is 2.53. The van der Waals surface area contributed by atoms with Gasteiger partial charge in [-0.2, -0.15) is 10.2 Å². The Hall–Kier alpha value is -2.15. The minimum absolute atomic E-state index is 0.0958. The van der Waals surface area contributed by atoms with E-state index >= 15 is 0 Å². The van der Waals surface area contributed by atoms with Gasteiger partial charge in [-0.25, -0.2) is 0 Å². The van der Waals surface area contributed by atoms with Crippen molar-refractivity contribution in [2.75, 3.05) is 20.6 Å². The van der Waals surface area contributed by atoms with Gasteiger partial charge in [-0.3, -0.25) is 14.2 Å². The number of nitrogens with zero attached hydrogens (tertiary/aromatic N) is 5. The summed E-state index contributed by atoms with van der Waals surface area (Å²) in [7, 11) is 4.04. The molecular formula is C15H22N6O. The van der Waals surface area contributed by atoms with E-state index < -0.39 is 0 Å². The lowest BCUT2D eigenvalue weighted by atomic mass is 10.0. The largest absolute Gasteiger partial charge is 0.347 e. The highest BCUT2D eigenvalue weighted by atomic mass is 16.2. The highest BCUT2D eigenvalue weighted by Crippen LogP contribution is 2.14. The first-order valence-corrected chi connectivity index (χ1v) is 7.61. The van der Waals surface area contributed by atoms with Crippen molar-refractivity contribution in [3.63, 3.8) is 0 Å². The first-order valence-electron chi connectivity index (χ1n) is 7.61. The zero-order valence-electron chi connectivity index (χ0n) is 13.1. The number of aryl methyl sites for hydroxylation is 1. The number of carbonyl (C=O) groups is 1. The molecule has 1 N–H and O–H groups in total. The fraction of sp³-hybridized carbons (Fsp3) is 0.533. The summed E-state index contributed by atoms with van der Waals surface area (Å²) in [5.74, 6) is -0.0958. The molecule has 0 aliphatic carbocycles. The Balaban J connectivity index is 1.56. The normalized spacial score (nSPS) is 17.5. The minimum atomic E-state index is -0.0958. The molecular weight excluding hydrogens is 280 g/mol. The monoisotopic (exact) mass is 302 g/mol. The van der Waals surface area contributed by atoms with E-state index in [1.54, 1.807) is 6.07 Å². The first kappa shape index (κ1) is 14.8. The maximum atomic E-state index is 12.3. The fourth-order valence-corrected chi connectivity index (χ4v) is 2.66. The first-order chi connectivity index (χ1) is 10.6. The summed E-state index contributed by atoms with van der Waals surface area (Å²) in [5.41, 5.74) is 1.66. The molecule has 7 heteroatoms. The fourth-order valence-electron chi connectivity index (χ4n) is 2.66. The van der Waals surface area contributed by atoms with Gasteiger partial charge in [0.2, 0.25) is 0 Å². The third-order valence-electron chi connectivity index (χ3n) is 3.93. The van der Waals surface area contributed by atoms with Crippen LogP contribution in [-0.4, -0.2) is 57.1 Å². The van der Waals surface area contributed by atoms with E-state index in [2.05, 4.69) is 20.4 Å². The Morgan fingerprint density at radius 2 is 2.32 bits per heavy atom. The van der Waals surface area contributed by atoms with Gasteiger partial charge in [-0.1, -0.05) is 0 Å². The number of fused-ring (bicyclic) bond motifs is 1. The molecule has 0 saturated carbocycles. The van der Waals surface area contributed by atoms with E-state index in [0.29, 0.717) is 5.69 Å². The van der Waals surface area contributed by atoms with Crippen molar-refractivity contribution >= 4 is 5.91 Å². The van der Waals surface area contributed by atoms with Crippen LogP contribution in [-0.2, 0) is 19.5 Å². The number of rotatable bonds is 5. The number of aromatic nitrogens is 4. The number of hydrogen-bond acceptors (Lipinski definition) is 4. The van der Waals surface area contributed by atoms with Crippen LogP contribution < -0.4 is 5.32 Å². The predicted octanol–water partition coefficient (Wildman–Crippen LogP) is 0.386. The van der Waals surface area contributed by atoms with Crippen molar-refractivity contribution in [1.29, 1.82) is 0 Å². The molecule has 3 heterocycles. The summed E-state index contributed by atoms with van der Waals surface area (Å²) in [4.78, 5) is 14.4. The predicted molar refractivity (Wildman–Crippen MR) is 82.6 cm³/mol. The van der Waals surface area contributed by atoms with Gasteiger partial charge >= 0.3 is 0 Å². The molecule has 22 heavy (non-hydrogen) atoms. The molecule has 0 aromatic carbocycles. The summed E-state index contributed by atoms with van der Waals surface area (Å²) in [6, 6.07) is 3.94. The summed E-state index contributed by atoms with van der Waals surface area (Å²) < 4.78 is 3.81. The average Bonchev–Trinajstić information content (AvgIpc) is 3.13. The van der Waals surface area contributed by atoms with Crippen molar-refractivity contribution in [3.8, 4) is 0 Å². The van der Waals surface area contributed by atoms with E-state index in [0.717, 1.165) is 32.5 Å². The zero-order valence-corrected chi connectivity index (χ0v) is 13.1. The lowest BCUT2D eigenvalue weighted by Crippen LogP contribution is -2.40. The van der Waals surface area contributed by atoms with Crippen molar-refractivity contribution in [1.82, 2.24) is 29.8 Å². The van der Waals surface area contributed by atoms with Crippen LogP contribution in [0.3, 0.4) is 0 Å². The zero-order chi connectivity index (χ0) is 15.5. The molecule has 0 saturated heterocycles. The van der Waals surface area contributed by atoms with Crippen LogP contribution in [0.15, 0.2) is 24.5 Å². The molecule has 7 nitrogen and oxygen atoms in total. The Kier molecular flexibility index (Phi) is 4.24. The quantitative estimate of drug-likeness (QED) is 0.867. The molecule has 2 aromatic rings. The molecule has 0 bridgehead atoms. The molecule has 118 valence electrons. The van der Waals surface area contributed by atoms with Crippen LogP contribution in [0.4, 0.5) is 0 Å². The average molecular weight is 302 g/mol. The number of nitrogens with one attached hydrogen (secondary N) is 1. The summed E-state index contributed by atoms with van der Waals surface area (Å²) in [6.07, 6.45) is 5.40. The van der Waals surface area contributed by atoms with Crippen LogP contribution in [0.2, 0.25) is 0 Å². The van der Waals surface area contributed by atoms with Crippen molar-refractivity contribution < 1.29 is 4.79 Å². The highest BCUT2D eigenvalue weighted by Gasteiger charge is 2.21. The van der Waals surface area contributed by atoms with Crippen molar-refractivity contribution in [2.24, 2.45) is 0 Å². The lowest BCUT2D eigenvalue weighted by Gasteiger charge is -2.23. The standard InChI is InChI=1S/C15H22N6O/c1-19(2)9-10-20-7-5-14(18-20)15(22)17-12-4-8-21-13(11-12)3-6-16-21/h3,5-7,12H,4,8-11H2,1-2H3,(H,17,22). The summed E-state index contributed by atoms with van der Waals surface area (Å²) in [5, 5.41) is 11.7. The van der Waals surface area contributed by atoms with Gasteiger partial charge < -0.3 is 10.2 Å². The van der Waals surface area contributed by atoms with Gasteiger partial charge in [-0.15, -0.1) is 0 Å². The van der Waals surface area contributed by atoms with E-state index in [1.807, 2.05) is 41.9 Å². The van der Waals surface area contributed by atoms with E-state index in [9.17, 15) is 4.79 Å². The van der Waals surface area contributed by atoms with Gasteiger partial charge in [0.15, 0.2) is 0 Å². The summed E-state index contributed by atoms with van der Waals surface area (Å²) >= 11 is 0. The third-order valence-corrected chi connectivity index (χ3v) is 3.93. The second-order valence-corrected chi connectivity index (χ2v) is 5.98. The molecule has 0 radical (unpaired) electrons. The van der Waals surface area contributed by atoms with E-state index in [1.165, 1.54) is 5.69 Å². The van der Waals surface area contributed by atoms with Gasteiger partial charge in [0, 0.05) is 43.6 Å². The smallest absolute Gasteiger partial charge is 0.272 e. The van der Waals surface area contributed by atoms with Gasteiger partial charge in [0.1, 0.15) is 5.69 Å². The molecule has 1 atom stereocenters. The van der Waals surface area contributed by atoms with Gasteiger partial charge in [0.05, 0.1) is 6.54 Å². The Bertz CT molecular complexity index is 644. The molecule has 1 unspecified atom stereocenters. The highest BCUT2D eigenvalue weighted by molar-refractivity contribution is 5.92. The maximum absolute atomic E-state index is 12.3. The van der Waals surface area contributed by atoms with Gasteiger partial charge in [0.25, 0.3) is 5.91 Å². The SMILES string of the molecule is CN(C)CCn1ccc(C(=O)NC2CCn3nccc3C2)n1. The maximum Gasteiger partial charge on any atom is 0.272 e. The second-order valence-electron chi connectivity index (χ2n) is 5.98. The van der Waals surface area contributed by atoms with Crippen LogP contribution in [0, 0.1) is 0 Å². The number of hydrogen-bond donors (Lipinski definition) is 1. The van der Waals surface area contributed by atoms with Crippen molar-refractivity contribution in [3.05, 3.63) is 35.9 Å². The third kappa shape index (κ3) is 3.36. The van der Waals surface area contributed by atoms with Crippen LogP contribution >= 0.6 is 0 Å². The molecule has 2 aromatic heterocycles. The van der Waals surface area contributed by atoms with Crippen molar-refractivity contribution in [2.45, 2.75) is 32.0 Å². The Morgan fingerprint density at radius 1 is 1.45 bits per heavy atom. The van der Waals surface area contributed by atoms with E-state index in [-0.39, 0.29) is 11.9 Å². The molecule has 1 aliphatic heterocycles. The second kappa shape index (κ2) is 6.31. The van der Waals surface area contributed by atoms with Crippen LogP contribution in [0.5, 0.6) is 0 Å². The Morgan fingerprint density at radius 3 is 3.14 bits per heavy atom. The Labute approximate surface area is 129 Å². The van der Waals surface area contributed by atoms with Crippen LogP contribution in [0.25, 0.3) is 0 Å². The van der Waals surface area contributed by atoms with Gasteiger partial charge in [-0.05, 0) is 32.6 Å². The van der Waals surface area contributed by atoms with E-state index in [4.69, 9.17) is 0 Å². The minimum Gasteiger partial charge on any atom is -0.347 e. The molecule has 0 spiro atoms. The lowest BCUT2D eigenvalue weighted by molar-refractivity contribution is 0.0924. The molecule has 0 fully saturated rings. The van der Waals surface area contributed by atoms with Crippen LogP contribution in [0.1, 0.15) is 22.6 Å². The number of carbonyl (C=O) groups excluding carboxylic acids is 1. The molecule has 1 amide bonds. The molecule has 1 aliphatic rings. The number of likely N-dealkylation sites (N-methyl/N-ethyl adjacent to an activating group) is 1. The number of amides is 1. The topological polar surface area (TPSA) is 68.0 Å².